The average molecular weight is 653 g/mol. The first-order chi connectivity index (χ1) is 18.2. The van der Waals surface area contributed by atoms with Crippen molar-refractivity contribution in [3.8, 4) is 0 Å². The fraction of sp³-hybridized carbons (Fsp3) is 0.355. The molecule has 0 fully saturated rings. The van der Waals surface area contributed by atoms with Gasteiger partial charge in [-0.05, 0) is 58.4 Å². The van der Waals surface area contributed by atoms with E-state index in [0.717, 1.165) is 34.4 Å². The molecule has 0 saturated heterocycles. The Bertz CT molecular complexity index is 1080. The largest absolute Gasteiger partial charge is 0.299 e. The summed E-state index contributed by atoms with van der Waals surface area (Å²) in [5.41, 5.74) is 3.40. The summed E-state index contributed by atoms with van der Waals surface area (Å²) in [5, 5.41) is 0.407. The second-order valence-corrected chi connectivity index (χ2v) is 17.0. The SMILES string of the molecule is C=C(C)C(C)SC(=S)c1ccccc1.C=CC(C)(C)SC(=S)c1ccccc1.CCSC(=S)SC(C)C(C)=O. The van der Waals surface area contributed by atoms with Crippen LogP contribution in [0.3, 0.4) is 0 Å². The van der Waals surface area contributed by atoms with Crippen molar-refractivity contribution in [2.24, 2.45) is 0 Å². The molecular formula is C31H40OS7. The maximum absolute atomic E-state index is 10.8. The molecule has 0 amide bonds. The summed E-state index contributed by atoms with van der Waals surface area (Å²) in [4.78, 5) is 10.8. The normalized spacial score (nSPS) is 11.9. The Morgan fingerprint density at radius 3 is 1.72 bits per heavy atom. The van der Waals surface area contributed by atoms with Gasteiger partial charge in [0.1, 0.15) is 9.31 Å². The van der Waals surface area contributed by atoms with E-state index in [1.807, 2.05) is 80.6 Å². The van der Waals surface area contributed by atoms with Crippen molar-refractivity contribution in [1.29, 1.82) is 0 Å². The molecule has 2 unspecified atom stereocenters. The van der Waals surface area contributed by atoms with Crippen molar-refractivity contribution in [3.05, 3.63) is 96.6 Å². The van der Waals surface area contributed by atoms with Crippen LogP contribution in [-0.4, -0.2) is 38.7 Å². The third-order valence-corrected chi connectivity index (χ3v) is 11.0. The van der Waals surface area contributed by atoms with Gasteiger partial charge in [-0.25, -0.2) is 0 Å². The Morgan fingerprint density at radius 2 is 1.33 bits per heavy atom. The Labute approximate surface area is 270 Å². The minimum Gasteiger partial charge on any atom is -0.299 e. The molecule has 0 heterocycles. The summed E-state index contributed by atoms with van der Waals surface area (Å²) >= 11 is 22.2. The van der Waals surface area contributed by atoms with Crippen LogP contribution in [0.2, 0.25) is 0 Å². The van der Waals surface area contributed by atoms with Crippen LogP contribution in [0, 0.1) is 0 Å². The van der Waals surface area contributed by atoms with Crippen LogP contribution >= 0.6 is 83.7 Å². The maximum Gasteiger partial charge on any atom is 0.142 e. The lowest BCUT2D eigenvalue weighted by Gasteiger charge is -2.19. The fourth-order valence-electron chi connectivity index (χ4n) is 2.20. The van der Waals surface area contributed by atoms with Crippen LogP contribution in [0.15, 0.2) is 85.5 Å². The summed E-state index contributed by atoms with van der Waals surface area (Å²) in [5.74, 6) is 1.17. The Kier molecular flexibility index (Phi) is 20.6. The molecule has 0 N–H and O–H groups in total. The average Bonchev–Trinajstić information content (AvgIpc) is 2.90. The number of benzene rings is 2. The summed E-state index contributed by atoms with van der Waals surface area (Å²) in [6.07, 6.45) is 1.92. The van der Waals surface area contributed by atoms with Crippen molar-refractivity contribution in [3.63, 3.8) is 0 Å². The Balaban J connectivity index is 0.000000561. The zero-order valence-corrected chi connectivity index (χ0v) is 29.6. The van der Waals surface area contributed by atoms with Crippen molar-refractivity contribution in [2.75, 3.05) is 5.75 Å². The van der Waals surface area contributed by atoms with Gasteiger partial charge in [0.25, 0.3) is 0 Å². The van der Waals surface area contributed by atoms with E-state index >= 15 is 0 Å². The summed E-state index contributed by atoms with van der Waals surface area (Å²) < 4.78 is 2.75. The van der Waals surface area contributed by atoms with E-state index in [2.05, 4.69) is 40.9 Å². The zero-order valence-electron chi connectivity index (χ0n) is 23.9. The number of rotatable bonds is 9. The first kappa shape index (κ1) is 38.3. The molecule has 0 saturated carbocycles. The third kappa shape index (κ3) is 18.3. The second-order valence-electron chi connectivity index (χ2n) is 8.88. The lowest BCUT2D eigenvalue weighted by Crippen LogP contribution is -2.13. The molecule has 1 nitrogen and oxygen atoms in total. The van der Waals surface area contributed by atoms with Crippen molar-refractivity contribution in [2.45, 2.75) is 63.7 Å². The number of thioether (sulfide) groups is 4. The van der Waals surface area contributed by atoms with Gasteiger partial charge in [0, 0.05) is 10.00 Å². The molecule has 0 aliphatic heterocycles. The van der Waals surface area contributed by atoms with Gasteiger partial charge in [-0.1, -0.05) is 134 Å². The van der Waals surface area contributed by atoms with Gasteiger partial charge >= 0.3 is 0 Å². The van der Waals surface area contributed by atoms with Crippen molar-refractivity contribution < 1.29 is 4.79 Å². The molecule has 212 valence electrons. The number of carbonyl (C=O) groups is 1. The van der Waals surface area contributed by atoms with Gasteiger partial charge in [-0.15, -0.1) is 41.9 Å². The first-order valence-corrected chi connectivity index (χ1v) is 17.2. The molecule has 0 bridgehead atoms. The smallest absolute Gasteiger partial charge is 0.142 e. The predicted octanol–water partition coefficient (Wildman–Crippen LogP) is 10.9. The fourth-order valence-corrected chi connectivity index (χ4v) is 7.69. The van der Waals surface area contributed by atoms with Crippen LogP contribution in [0.5, 0.6) is 0 Å². The first-order valence-electron chi connectivity index (χ1n) is 12.4. The molecule has 2 atom stereocenters. The van der Waals surface area contributed by atoms with E-state index < -0.39 is 0 Å². The Morgan fingerprint density at radius 1 is 0.872 bits per heavy atom. The van der Waals surface area contributed by atoms with E-state index in [-0.39, 0.29) is 15.8 Å². The monoisotopic (exact) mass is 652 g/mol. The molecule has 0 aliphatic carbocycles. The number of Topliss-reactive ketones (excluding diaryl/α,β-unsaturated/α-hetero) is 1. The molecule has 2 aromatic rings. The molecule has 2 aromatic carbocycles. The number of hydrogen-bond donors (Lipinski definition) is 0. The van der Waals surface area contributed by atoms with Gasteiger partial charge in [0.15, 0.2) is 0 Å². The van der Waals surface area contributed by atoms with Crippen molar-refractivity contribution >= 4 is 101 Å². The highest BCUT2D eigenvalue weighted by Crippen LogP contribution is 2.29. The summed E-state index contributed by atoms with van der Waals surface area (Å²) in [6.45, 7) is 21.6. The van der Waals surface area contributed by atoms with E-state index in [1.54, 1.807) is 42.2 Å². The highest BCUT2D eigenvalue weighted by molar-refractivity contribution is 8.47. The van der Waals surface area contributed by atoms with Crippen LogP contribution in [0.1, 0.15) is 59.6 Å². The van der Waals surface area contributed by atoms with Crippen LogP contribution in [0.4, 0.5) is 0 Å². The lowest BCUT2D eigenvalue weighted by atomic mass is 10.2. The minimum atomic E-state index is 0.00687. The van der Waals surface area contributed by atoms with Gasteiger partial charge in [-0.2, -0.15) is 0 Å². The predicted molar refractivity (Wildman–Crippen MR) is 198 cm³/mol. The molecule has 0 radical (unpaired) electrons. The number of thiocarbonyl (C=S) groups is 3. The summed E-state index contributed by atoms with van der Waals surface area (Å²) in [6, 6.07) is 20.2. The third-order valence-electron chi connectivity index (χ3n) is 4.95. The van der Waals surface area contributed by atoms with Gasteiger partial charge < -0.3 is 0 Å². The number of ketones is 1. The zero-order chi connectivity index (χ0) is 30.0. The van der Waals surface area contributed by atoms with Gasteiger partial charge in [-0.3, -0.25) is 4.79 Å². The lowest BCUT2D eigenvalue weighted by molar-refractivity contribution is -0.116. The topological polar surface area (TPSA) is 17.1 Å². The molecule has 0 aliphatic rings. The van der Waals surface area contributed by atoms with E-state index in [4.69, 9.17) is 36.7 Å². The highest BCUT2D eigenvalue weighted by atomic mass is 32.2. The van der Waals surface area contributed by atoms with Crippen molar-refractivity contribution in [1.82, 2.24) is 0 Å². The number of hydrogen-bond acceptors (Lipinski definition) is 8. The maximum atomic E-state index is 10.8. The highest BCUT2D eigenvalue weighted by Gasteiger charge is 2.17. The molecule has 8 heteroatoms. The van der Waals surface area contributed by atoms with Gasteiger partial charge in [0.2, 0.25) is 0 Å². The summed E-state index contributed by atoms with van der Waals surface area (Å²) in [7, 11) is 0. The van der Waals surface area contributed by atoms with E-state index in [9.17, 15) is 4.79 Å². The molecule has 0 aromatic heterocycles. The minimum absolute atomic E-state index is 0.00687. The Hall–Kier alpha value is -0.740. The molecule has 39 heavy (non-hydrogen) atoms. The quantitative estimate of drug-likeness (QED) is 0.194. The molecule has 2 rings (SSSR count). The van der Waals surface area contributed by atoms with E-state index in [1.165, 1.54) is 11.8 Å². The van der Waals surface area contributed by atoms with Crippen LogP contribution in [-0.2, 0) is 4.79 Å². The second kappa shape index (κ2) is 21.0. The van der Waals surface area contributed by atoms with Gasteiger partial charge in [0.05, 0.1) is 13.6 Å². The van der Waals surface area contributed by atoms with Crippen LogP contribution < -0.4 is 0 Å². The van der Waals surface area contributed by atoms with E-state index in [0.29, 0.717) is 5.25 Å². The standard InChI is InChI=1S/2C12H14S2.C7H12OS3/c1-9(2)10(3)14-12(13)11-7-5-4-6-8-11;1-4-12(2,3)14-11(13)10-8-6-5-7-9-10;1-4-10-7(9)11-6(3)5(2)8/h4-8,10H,1H2,2-3H3;4-9H,1H2,2-3H3;6H,4H2,1-3H3. The van der Waals surface area contributed by atoms with Crippen LogP contribution in [0.25, 0.3) is 0 Å². The molecule has 0 spiro atoms. The molecular weight excluding hydrogens is 613 g/mol. The number of carbonyl (C=O) groups excluding carboxylic acids is 1.